The average molecular weight is 231 g/mol. The molecule has 1 rings (SSSR count). The van der Waals surface area contributed by atoms with Crippen molar-refractivity contribution < 1.29 is 14.3 Å². The highest BCUT2D eigenvalue weighted by atomic mass is 35.5. The van der Waals surface area contributed by atoms with E-state index in [-0.39, 0.29) is 6.61 Å². The van der Waals surface area contributed by atoms with Crippen LogP contribution in [0.15, 0.2) is 18.2 Å². The summed E-state index contributed by atoms with van der Waals surface area (Å²) in [7, 11) is 1.54. The lowest BCUT2D eigenvalue weighted by molar-refractivity contribution is -0.123. The Hall–Kier alpha value is -1.46. The minimum atomic E-state index is -0.429. The maximum absolute atomic E-state index is 10.8. The van der Waals surface area contributed by atoms with Gasteiger partial charge < -0.3 is 9.47 Å². The summed E-state index contributed by atoms with van der Waals surface area (Å²) in [5, 5.41) is 0.374. The SMILES string of the molecule is COc1ccc(OCC(=O)NN)c(Cl)c1. The zero-order valence-electron chi connectivity index (χ0n) is 8.12. The van der Waals surface area contributed by atoms with Crippen molar-refractivity contribution in [3.05, 3.63) is 23.2 Å². The number of amides is 1. The van der Waals surface area contributed by atoms with E-state index in [0.717, 1.165) is 0 Å². The molecule has 0 unspecified atom stereocenters. The molecule has 0 atom stereocenters. The van der Waals surface area contributed by atoms with Crippen LogP contribution < -0.4 is 20.7 Å². The lowest BCUT2D eigenvalue weighted by Gasteiger charge is -2.08. The molecule has 0 aliphatic carbocycles. The third kappa shape index (κ3) is 3.30. The first-order valence-corrected chi connectivity index (χ1v) is 4.51. The number of rotatable bonds is 4. The van der Waals surface area contributed by atoms with Gasteiger partial charge in [-0.15, -0.1) is 0 Å². The Labute approximate surface area is 92.1 Å². The molecule has 5 nitrogen and oxygen atoms in total. The van der Waals surface area contributed by atoms with Crippen LogP contribution in [0.4, 0.5) is 0 Å². The first-order chi connectivity index (χ1) is 7.17. The number of methoxy groups -OCH3 is 1. The lowest BCUT2D eigenvalue weighted by Crippen LogP contribution is -2.34. The second-order valence-corrected chi connectivity index (χ2v) is 3.06. The summed E-state index contributed by atoms with van der Waals surface area (Å²) in [6, 6.07) is 4.89. The molecule has 0 heterocycles. The number of carbonyl (C=O) groups is 1. The summed E-state index contributed by atoms with van der Waals surface area (Å²) >= 11 is 5.87. The number of ether oxygens (including phenoxy) is 2. The zero-order chi connectivity index (χ0) is 11.3. The molecule has 0 bridgehead atoms. The maximum Gasteiger partial charge on any atom is 0.271 e. The van der Waals surface area contributed by atoms with Crippen molar-refractivity contribution >= 4 is 17.5 Å². The second kappa shape index (κ2) is 5.43. The van der Waals surface area contributed by atoms with Crippen molar-refractivity contribution in [3.63, 3.8) is 0 Å². The van der Waals surface area contributed by atoms with Crippen molar-refractivity contribution in [2.45, 2.75) is 0 Å². The Balaban J connectivity index is 2.66. The smallest absolute Gasteiger partial charge is 0.271 e. The number of nitrogens with two attached hydrogens (primary N) is 1. The van der Waals surface area contributed by atoms with E-state index in [1.165, 1.54) is 7.11 Å². The van der Waals surface area contributed by atoms with Gasteiger partial charge in [0.2, 0.25) is 0 Å². The van der Waals surface area contributed by atoms with Crippen molar-refractivity contribution in [2.75, 3.05) is 13.7 Å². The number of carbonyl (C=O) groups excluding carboxylic acids is 1. The Bertz CT molecular complexity index is 357. The van der Waals surface area contributed by atoms with Crippen LogP contribution in [0, 0.1) is 0 Å². The molecule has 1 aromatic carbocycles. The minimum absolute atomic E-state index is 0.178. The molecule has 15 heavy (non-hydrogen) atoms. The fourth-order valence-electron chi connectivity index (χ4n) is 0.911. The third-order valence-electron chi connectivity index (χ3n) is 1.66. The van der Waals surface area contributed by atoms with Gasteiger partial charge in [-0.3, -0.25) is 10.2 Å². The Morgan fingerprint density at radius 3 is 2.87 bits per heavy atom. The molecule has 0 spiro atoms. The number of hydrazine groups is 1. The van der Waals surface area contributed by atoms with E-state index in [1.54, 1.807) is 18.2 Å². The van der Waals surface area contributed by atoms with Crippen molar-refractivity contribution in [2.24, 2.45) is 5.84 Å². The molecule has 1 amide bonds. The largest absolute Gasteiger partial charge is 0.497 e. The zero-order valence-corrected chi connectivity index (χ0v) is 8.88. The highest BCUT2D eigenvalue weighted by Crippen LogP contribution is 2.28. The molecule has 6 heteroatoms. The van der Waals surface area contributed by atoms with Crippen molar-refractivity contribution in [3.8, 4) is 11.5 Å². The van der Waals surface area contributed by atoms with E-state index in [2.05, 4.69) is 0 Å². The highest BCUT2D eigenvalue weighted by Gasteiger charge is 2.05. The van der Waals surface area contributed by atoms with E-state index >= 15 is 0 Å². The topological polar surface area (TPSA) is 73.6 Å². The van der Waals surface area contributed by atoms with Crippen LogP contribution in [0.1, 0.15) is 0 Å². The molecule has 0 saturated heterocycles. The Morgan fingerprint density at radius 1 is 1.60 bits per heavy atom. The van der Waals surface area contributed by atoms with Crippen LogP contribution >= 0.6 is 11.6 Å². The molecule has 1 aromatic rings. The molecule has 3 N–H and O–H groups in total. The fraction of sp³-hybridized carbons (Fsp3) is 0.222. The van der Waals surface area contributed by atoms with Gasteiger partial charge in [-0.05, 0) is 12.1 Å². The number of hydrogen-bond donors (Lipinski definition) is 2. The molecule has 82 valence electrons. The normalized spacial score (nSPS) is 9.53. The number of halogens is 1. The number of hydrogen-bond acceptors (Lipinski definition) is 4. The van der Waals surface area contributed by atoms with Crippen LogP contribution in [-0.4, -0.2) is 19.6 Å². The van der Waals surface area contributed by atoms with E-state index < -0.39 is 5.91 Å². The molecule has 0 fully saturated rings. The third-order valence-corrected chi connectivity index (χ3v) is 1.95. The predicted molar refractivity (Wildman–Crippen MR) is 55.8 cm³/mol. The van der Waals surface area contributed by atoms with Crippen molar-refractivity contribution in [1.82, 2.24) is 5.43 Å². The molecule has 0 radical (unpaired) electrons. The van der Waals surface area contributed by atoms with E-state index in [9.17, 15) is 4.79 Å². The number of nitrogens with one attached hydrogen (secondary N) is 1. The van der Waals surface area contributed by atoms with Gasteiger partial charge in [0.1, 0.15) is 11.5 Å². The van der Waals surface area contributed by atoms with Crippen LogP contribution in [0.5, 0.6) is 11.5 Å². The van der Waals surface area contributed by atoms with Gasteiger partial charge in [-0.1, -0.05) is 11.6 Å². The molecular formula is C9H11ClN2O3. The van der Waals surface area contributed by atoms with Gasteiger partial charge in [0.15, 0.2) is 6.61 Å². The molecule has 0 saturated carbocycles. The Kier molecular flexibility index (Phi) is 4.20. The predicted octanol–water partition coefficient (Wildman–Crippen LogP) is 0.717. The first kappa shape index (κ1) is 11.6. The average Bonchev–Trinajstić information content (AvgIpc) is 2.26. The lowest BCUT2D eigenvalue weighted by atomic mass is 10.3. The quantitative estimate of drug-likeness (QED) is 0.454. The van der Waals surface area contributed by atoms with Crippen LogP contribution in [-0.2, 0) is 4.79 Å². The van der Waals surface area contributed by atoms with Crippen LogP contribution in [0.25, 0.3) is 0 Å². The molecule has 0 aliphatic rings. The summed E-state index contributed by atoms with van der Waals surface area (Å²) < 4.78 is 10.1. The van der Waals surface area contributed by atoms with Gasteiger partial charge in [0, 0.05) is 6.07 Å². The second-order valence-electron chi connectivity index (χ2n) is 2.65. The van der Waals surface area contributed by atoms with E-state index in [0.29, 0.717) is 16.5 Å². The first-order valence-electron chi connectivity index (χ1n) is 4.13. The van der Waals surface area contributed by atoms with Gasteiger partial charge >= 0.3 is 0 Å². The van der Waals surface area contributed by atoms with E-state index in [1.807, 2.05) is 5.43 Å². The summed E-state index contributed by atoms with van der Waals surface area (Å²) in [6.07, 6.45) is 0. The summed E-state index contributed by atoms with van der Waals surface area (Å²) in [5.74, 6) is 5.48. The molecular weight excluding hydrogens is 220 g/mol. The number of benzene rings is 1. The van der Waals surface area contributed by atoms with Crippen LogP contribution in [0.2, 0.25) is 5.02 Å². The van der Waals surface area contributed by atoms with Gasteiger partial charge in [0.25, 0.3) is 5.91 Å². The summed E-state index contributed by atoms with van der Waals surface area (Å²) in [5.41, 5.74) is 1.95. The van der Waals surface area contributed by atoms with Gasteiger partial charge in [-0.2, -0.15) is 0 Å². The maximum atomic E-state index is 10.8. The molecule has 0 aromatic heterocycles. The van der Waals surface area contributed by atoms with Gasteiger partial charge in [-0.25, -0.2) is 5.84 Å². The fourth-order valence-corrected chi connectivity index (χ4v) is 1.14. The van der Waals surface area contributed by atoms with Crippen LogP contribution in [0.3, 0.4) is 0 Å². The minimum Gasteiger partial charge on any atom is -0.497 e. The monoisotopic (exact) mass is 230 g/mol. The highest BCUT2D eigenvalue weighted by molar-refractivity contribution is 6.32. The van der Waals surface area contributed by atoms with E-state index in [4.69, 9.17) is 26.9 Å². The summed E-state index contributed by atoms with van der Waals surface area (Å²) in [4.78, 5) is 10.8. The summed E-state index contributed by atoms with van der Waals surface area (Å²) in [6.45, 7) is -0.178. The van der Waals surface area contributed by atoms with Crippen molar-refractivity contribution in [1.29, 1.82) is 0 Å². The standard InChI is InChI=1S/C9H11ClN2O3/c1-14-6-2-3-8(7(10)4-6)15-5-9(13)12-11/h2-4H,5,11H2,1H3,(H,12,13). The van der Waals surface area contributed by atoms with Gasteiger partial charge in [0.05, 0.1) is 12.1 Å². The Morgan fingerprint density at radius 2 is 2.33 bits per heavy atom. The molecule has 0 aliphatic heterocycles.